The highest BCUT2D eigenvalue weighted by molar-refractivity contribution is 5.85. The van der Waals surface area contributed by atoms with Gasteiger partial charge in [0.25, 0.3) is 0 Å². The molecule has 2 fully saturated rings. The molecule has 0 bridgehead atoms. The highest BCUT2D eigenvalue weighted by Gasteiger charge is 2.26. The topological polar surface area (TPSA) is 46.3 Å². The number of carbonyl (C=O) groups is 1. The van der Waals surface area contributed by atoms with Gasteiger partial charge in [-0.15, -0.1) is 12.4 Å². The van der Waals surface area contributed by atoms with Gasteiger partial charge in [0.2, 0.25) is 5.91 Å². The van der Waals surface area contributed by atoms with Crippen molar-refractivity contribution in [2.24, 2.45) is 17.6 Å². The Morgan fingerprint density at radius 2 is 1.78 bits per heavy atom. The summed E-state index contributed by atoms with van der Waals surface area (Å²) in [5.41, 5.74) is 5.61. The third-order valence-electron chi connectivity index (χ3n) is 4.38. The van der Waals surface area contributed by atoms with E-state index in [1.165, 1.54) is 38.5 Å². The van der Waals surface area contributed by atoms with Gasteiger partial charge in [0, 0.05) is 19.5 Å². The van der Waals surface area contributed by atoms with E-state index in [1.54, 1.807) is 0 Å². The van der Waals surface area contributed by atoms with Crippen molar-refractivity contribution in [3.63, 3.8) is 0 Å². The van der Waals surface area contributed by atoms with Gasteiger partial charge in [-0.2, -0.15) is 0 Å². The largest absolute Gasteiger partial charge is 0.342 e. The summed E-state index contributed by atoms with van der Waals surface area (Å²) in [6, 6.07) is 0. The first-order chi connectivity index (χ1) is 8.29. The summed E-state index contributed by atoms with van der Waals surface area (Å²) in [6.07, 6.45) is 9.49. The van der Waals surface area contributed by atoms with Crippen molar-refractivity contribution in [3.05, 3.63) is 0 Å². The molecule has 2 rings (SSSR count). The molecule has 2 aliphatic rings. The first kappa shape index (κ1) is 15.8. The lowest BCUT2D eigenvalue weighted by atomic mass is 9.94. The van der Waals surface area contributed by atoms with Crippen LogP contribution < -0.4 is 5.73 Å². The molecule has 1 unspecified atom stereocenters. The fourth-order valence-corrected chi connectivity index (χ4v) is 3.35. The summed E-state index contributed by atoms with van der Waals surface area (Å²) in [5.74, 6) is 1.73. The zero-order valence-electron chi connectivity index (χ0n) is 11.3. The molecule has 1 amide bonds. The minimum atomic E-state index is 0. The molecule has 1 saturated carbocycles. The zero-order valence-corrected chi connectivity index (χ0v) is 12.1. The van der Waals surface area contributed by atoms with Gasteiger partial charge in [0.1, 0.15) is 0 Å². The molecule has 3 nitrogen and oxygen atoms in total. The molecule has 0 aromatic rings. The summed E-state index contributed by atoms with van der Waals surface area (Å²) in [4.78, 5) is 14.3. The number of piperidine rings is 1. The van der Waals surface area contributed by atoms with Crippen LogP contribution in [0.15, 0.2) is 0 Å². The number of carbonyl (C=O) groups excluding carboxylic acids is 1. The monoisotopic (exact) mass is 274 g/mol. The van der Waals surface area contributed by atoms with Crippen molar-refractivity contribution >= 4 is 18.3 Å². The quantitative estimate of drug-likeness (QED) is 0.856. The van der Waals surface area contributed by atoms with E-state index < -0.39 is 0 Å². The van der Waals surface area contributed by atoms with Crippen LogP contribution in [0.4, 0.5) is 0 Å². The Kier molecular flexibility index (Phi) is 7.02. The predicted molar refractivity (Wildman–Crippen MR) is 76.8 cm³/mol. The Bertz CT molecular complexity index is 252. The standard InChI is InChI=1S/C14H26N2O.ClH/c15-8-7-13-6-3-9-16(11-13)14(17)10-12-4-1-2-5-12;/h12-13H,1-11,15H2;1H. The maximum absolute atomic E-state index is 12.2. The van der Waals surface area contributed by atoms with Crippen molar-refractivity contribution < 1.29 is 4.79 Å². The molecule has 1 aliphatic carbocycles. The SMILES string of the molecule is Cl.NCCC1CCCN(C(=O)CC2CCCC2)C1. The maximum Gasteiger partial charge on any atom is 0.222 e. The minimum absolute atomic E-state index is 0. The van der Waals surface area contributed by atoms with Gasteiger partial charge in [-0.1, -0.05) is 12.8 Å². The lowest BCUT2D eigenvalue weighted by molar-refractivity contribution is -0.134. The summed E-state index contributed by atoms with van der Waals surface area (Å²) in [6.45, 7) is 2.70. The van der Waals surface area contributed by atoms with Crippen molar-refractivity contribution in [3.8, 4) is 0 Å². The first-order valence-corrected chi connectivity index (χ1v) is 7.27. The Morgan fingerprint density at radius 3 is 2.44 bits per heavy atom. The lowest BCUT2D eigenvalue weighted by Gasteiger charge is -2.33. The highest BCUT2D eigenvalue weighted by atomic mass is 35.5. The Morgan fingerprint density at radius 1 is 1.11 bits per heavy atom. The molecule has 0 spiro atoms. The van der Waals surface area contributed by atoms with Gasteiger partial charge >= 0.3 is 0 Å². The van der Waals surface area contributed by atoms with Crippen LogP contribution >= 0.6 is 12.4 Å². The lowest BCUT2D eigenvalue weighted by Crippen LogP contribution is -2.40. The smallest absolute Gasteiger partial charge is 0.222 e. The number of amides is 1. The third kappa shape index (κ3) is 4.43. The first-order valence-electron chi connectivity index (χ1n) is 7.27. The molecule has 0 aromatic heterocycles. The van der Waals surface area contributed by atoms with Crippen LogP contribution in [-0.2, 0) is 4.79 Å². The van der Waals surface area contributed by atoms with E-state index in [4.69, 9.17) is 5.73 Å². The van der Waals surface area contributed by atoms with Crippen LogP contribution in [0, 0.1) is 11.8 Å². The second-order valence-electron chi connectivity index (χ2n) is 5.78. The summed E-state index contributed by atoms with van der Waals surface area (Å²) in [5, 5.41) is 0. The number of rotatable bonds is 4. The van der Waals surface area contributed by atoms with E-state index >= 15 is 0 Å². The molecule has 2 N–H and O–H groups in total. The van der Waals surface area contributed by atoms with Crippen LogP contribution in [-0.4, -0.2) is 30.4 Å². The number of likely N-dealkylation sites (tertiary alicyclic amines) is 1. The summed E-state index contributed by atoms with van der Waals surface area (Å²) in [7, 11) is 0. The molecular formula is C14H27ClN2O. The van der Waals surface area contributed by atoms with E-state index in [0.717, 1.165) is 32.5 Å². The third-order valence-corrected chi connectivity index (χ3v) is 4.38. The zero-order chi connectivity index (χ0) is 12.1. The number of nitrogens with two attached hydrogens (primary N) is 1. The number of halogens is 1. The van der Waals surface area contributed by atoms with Crippen LogP contribution in [0.2, 0.25) is 0 Å². The average Bonchev–Trinajstić information content (AvgIpc) is 2.83. The van der Waals surface area contributed by atoms with E-state index in [2.05, 4.69) is 4.90 Å². The average molecular weight is 275 g/mol. The van der Waals surface area contributed by atoms with Crippen LogP contribution in [0.1, 0.15) is 51.4 Å². The molecule has 0 radical (unpaired) electrons. The van der Waals surface area contributed by atoms with E-state index in [-0.39, 0.29) is 12.4 Å². The molecule has 1 saturated heterocycles. The Labute approximate surface area is 117 Å². The maximum atomic E-state index is 12.2. The molecule has 1 atom stereocenters. The predicted octanol–water partition coefficient (Wildman–Crippen LogP) is 2.58. The van der Waals surface area contributed by atoms with Gasteiger partial charge in [0.05, 0.1) is 0 Å². The molecular weight excluding hydrogens is 248 g/mol. The van der Waals surface area contributed by atoms with Crippen molar-refractivity contribution in [1.82, 2.24) is 4.90 Å². The van der Waals surface area contributed by atoms with Gasteiger partial charge in [0.15, 0.2) is 0 Å². The van der Waals surface area contributed by atoms with Gasteiger partial charge in [-0.05, 0) is 50.5 Å². The van der Waals surface area contributed by atoms with E-state index in [9.17, 15) is 4.79 Å². The minimum Gasteiger partial charge on any atom is -0.342 e. The summed E-state index contributed by atoms with van der Waals surface area (Å²) < 4.78 is 0. The van der Waals surface area contributed by atoms with Gasteiger partial charge in [-0.25, -0.2) is 0 Å². The van der Waals surface area contributed by atoms with Crippen LogP contribution in [0.3, 0.4) is 0 Å². The molecule has 0 aromatic carbocycles. The summed E-state index contributed by atoms with van der Waals surface area (Å²) >= 11 is 0. The van der Waals surface area contributed by atoms with Crippen molar-refractivity contribution in [2.75, 3.05) is 19.6 Å². The molecule has 18 heavy (non-hydrogen) atoms. The fraction of sp³-hybridized carbons (Fsp3) is 0.929. The fourth-order valence-electron chi connectivity index (χ4n) is 3.35. The Hall–Kier alpha value is -0.280. The molecule has 106 valence electrons. The Balaban J connectivity index is 0.00000162. The normalized spacial score (nSPS) is 24.9. The number of hydrogen-bond donors (Lipinski definition) is 1. The highest BCUT2D eigenvalue weighted by Crippen LogP contribution is 2.29. The van der Waals surface area contributed by atoms with Crippen molar-refractivity contribution in [1.29, 1.82) is 0 Å². The number of hydrogen-bond acceptors (Lipinski definition) is 2. The second kappa shape index (κ2) is 8.00. The van der Waals surface area contributed by atoms with Crippen LogP contribution in [0.5, 0.6) is 0 Å². The van der Waals surface area contributed by atoms with Crippen molar-refractivity contribution in [2.45, 2.75) is 51.4 Å². The van der Waals surface area contributed by atoms with E-state index in [1.807, 2.05) is 0 Å². The number of nitrogens with zero attached hydrogens (tertiary/aromatic N) is 1. The molecule has 1 heterocycles. The second-order valence-corrected chi connectivity index (χ2v) is 5.78. The van der Waals surface area contributed by atoms with Crippen LogP contribution in [0.25, 0.3) is 0 Å². The van der Waals surface area contributed by atoms with Gasteiger partial charge < -0.3 is 10.6 Å². The molecule has 4 heteroatoms. The van der Waals surface area contributed by atoms with Gasteiger partial charge in [-0.3, -0.25) is 4.79 Å². The molecule has 1 aliphatic heterocycles. The van der Waals surface area contributed by atoms with E-state index in [0.29, 0.717) is 17.7 Å².